The quantitative estimate of drug-likeness (QED) is 0.912. The summed E-state index contributed by atoms with van der Waals surface area (Å²) >= 11 is 5.99. The summed E-state index contributed by atoms with van der Waals surface area (Å²) in [5.74, 6) is 0.628. The minimum absolute atomic E-state index is 0.588. The summed E-state index contributed by atoms with van der Waals surface area (Å²) in [4.78, 5) is 6.75. The maximum atomic E-state index is 5.99. The first-order chi connectivity index (χ1) is 8.70. The van der Waals surface area contributed by atoms with E-state index in [-0.39, 0.29) is 0 Å². The third-order valence-corrected chi connectivity index (χ3v) is 4.16. The molecule has 0 bridgehead atoms. The molecule has 0 spiro atoms. The zero-order chi connectivity index (χ0) is 13.0. The number of aromatic nitrogens is 1. The normalized spacial score (nSPS) is 24.4. The van der Waals surface area contributed by atoms with Crippen molar-refractivity contribution >= 4 is 11.6 Å². The van der Waals surface area contributed by atoms with Crippen LogP contribution in [-0.2, 0) is 6.54 Å². The molecule has 0 radical (unpaired) electrons. The van der Waals surface area contributed by atoms with E-state index in [0.717, 1.165) is 23.8 Å². The monoisotopic (exact) mass is 267 g/mol. The van der Waals surface area contributed by atoms with Crippen molar-refractivity contribution in [2.75, 3.05) is 13.6 Å². The molecule has 1 fully saturated rings. The highest BCUT2D eigenvalue weighted by molar-refractivity contribution is 6.30. The maximum absolute atomic E-state index is 5.99. The van der Waals surface area contributed by atoms with E-state index < -0.39 is 0 Å². The van der Waals surface area contributed by atoms with Gasteiger partial charge >= 0.3 is 0 Å². The van der Waals surface area contributed by atoms with Crippen LogP contribution in [0.5, 0.6) is 0 Å². The Balaban J connectivity index is 1.99. The number of halogens is 1. The summed E-state index contributed by atoms with van der Waals surface area (Å²) < 4.78 is 0. The largest absolute Gasteiger partial charge is 0.330 e. The van der Waals surface area contributed by atoms with E-state index >= 15 is 0 Å². The molecule has 0 aromatic carbocycles. The van der Waals surface area contributed by atoms with Crippen molar-refractivity contribution < 1.29 is 0 Å². The van der Waals surface area contributed by atoms with E-state index in [0.29, 0.717) is 12.0 Å². The Kier molecular flexibility index (Phi) is 4.98. The van der Waals surface area contributed by atoms with Crippen LogP contribution in [0.15, 0.2) is 18.3 Å². The Bertz CT molecular complexity index is 383. The molecule has 1 aliphatic rings. The van der Waals surface area contributed by atoms with Gasteiger partial charge in [0.2, 0.25) is 0 Å². The molecule has 18 heavy (non-hydrogen) atoms. The van der Waals surface area contributed by atoms with Gasteiger partial charge in [0.15, 0.2) is 0 Å². The van der Waals surface area contributed by atoms with Crippen LogP contribution in [0.1, 0.15) is 31.4 Å². The topological polar surface area (TPSA) is 42.2 Å². The fraction of sp³-hybridized carbons (Fsp3) is 0.643. The van der Waals surface area contributed by atoms with Gasteiger partial charge in [-0.15, -0.1) is 0 Å². The molecule has 2 rings (SSSR count). The maximum Gasteiger partial charge on any atom is 0.0558 e. The molecule has 1 aliphatic carbocycles. The van der Waals surface area contributed by atoms with Crippen molar-refractivity contribution in [2.24, 2.45) is 11.7 Å². The van der Waals surface area contributed by atoms with Crippen LogP contribution in [0, 0.1) is 5.92 Å². The molecule has 1 aromatic rings. The van der Waals surface area contributed by atoms with Gasteiger partial charge in [0.25, 0.3) is 0 Å². The van der Waals surface area contributed by atoms with E-state index in [1.54, 1.807) is 6.20 Å². The van der Waals surface area contributed by atoms with Gasteiger partial charge < -0.3 is 5.73 Å². The molecule has 0 aliphatic heterocycles. The first kappa shape index (κ1) is 13.8. The lowest BCUT2D eigenvalue weighted by atomic mass is 9.83. The molecule has 4 heteroatoms. The minimum Gasteiger partial charge on any atom is -0.330 e. The zero-order valence-corrected chi connectivity index (χ0v) is 11.7. The Morgan fingerprint density at radius 2 is 2.22 bits per heavy atom. The third kappa shape index (κ3) is 3.44. The lowest BCUT2D eigenvalue weighted by Gasteiger charge is -2.37. The minimum atomic E-state index is 0.588. The summed E-state index contributed by atoms with van der Waals surface area (Å²) in [6.45, 7) is 1.64. The predicted molar refractivity (Wildman–Crippen MR) is 75.5 cm³/mol. The Labute approximate surface area is 114 Å². The Hall–Kier alpha value is -0.640. The lowest BCUT2D eigenvalue weighted by Crippen LogP contribution is -2.42. The van der Waals surface area contributed by atoms with Crippen molar-refractivity contribution in [1.29, 1.82) is 0 Å². The number of hydrogen-bond donors (Lipinski definition) is 1. The molecule has 1 heterocycles. The van der Waals surface area contributed by atoms with E-state index in [4.69, 9.17) is 17.3 Å². The fourth-order valence-corrected chi connectivity index (χ4v) is 3.13. The average Bonchev–Trinajstić information content (AvgIpc) is 2.38. The van der Waals surface area contributed by atoms with Crippen LogP contribution in [0.3, 0.4) is 0 Å². The van der Waals surface area contributed by atoms with Crippen molar-refractivity contribution in [3.05, 3.63) is 29.0 Å². The number of nitrogens with zero attached hydrogens (tertiary/aromatic N) is 2. The van der Waals surface area contributed by atoms with Crippen LogP contribution in [0.2, 0.25) is 5.02 Å². The number of nitrogens with two attached hydrogens (primary N) is 1. The molecule has 1 saturated carbocycles. The molecule has 1 aromatic heterocycles. The summed E-state index contributed by atoms with van der Waals surface area (Å²) in [7, 11) is 2.17. The molecule has 100 valence electrons. The second-order valence-corrected chi connectivity index (χ2v) is 5.66. The second kappa shape index (κ2) is 6.50. The van der Waals surface area contributed by atoms with Crippen LogP contribution in [-0.4, -0.2) is 29.5 Å². The third-order valence-electron chi connectivity index (χ3n) is 3.93. The van der Waals surface area contributed by atoms with Gasteiger partial charge in [-0.25, -0.2) is 0 Å². The summed E-state index contributed by atoms with van der Waals surface area (Å²) in [6, 6.07) is 4.34. The first-order valence-corrected chi connectivity index (χ1v) is 7.09. The Morgan fingerprint density at radius 3 is 2.94 bits per heavy atom. The van der Waals surface area contributed by atoms with Gasteiger partial charge in [-0.3, -0.25) is 9.88 Å². The Morgan fingerprint density at radius 1 is 1.44 bits per heavy atom. The van der Waals surface area contributed by atoms with Crippen LogP contribution < -0.4 is 5.73 Å². The standard InChI is InChI=1S/C14H22ClN3/c1-18(10-13-8-12(15)6-7-17-13)14-5-3-2-4-11(14)9-16/h6-8,11,14H,2-5,9-10,16H2,1H3. The number of rotatable bonds is 4. The van der Waals surface area contributed by atoms with Crippen LogP contribution in [0.25, 0.3) is 0 Å². The lowest BCUT2D eigenvalue weighted by molar-refractivity contribution is 0.126. The molecule has 0 saturated heterocycles. The predicted octanol–water partition coefficient (Wildman–Crippen LogP) is 2.68. The molecule has 2 atom stereocenters. The average molecular weight is 268 g/mol. The van der Waals surface area contributed by atoms with Crippen molar-refractivity contribution in [3.63, 3.8) is 0 Å². The van der Waals surface area contributed by atoms with Crippen molar-refractivity contribution in [2.45, 2.75) is 38.3 Å². The van der Waals surface area contributed by atoms with Crippen molar-refractivity contribution in [3.8, 4) is 0 Å². The van der Waals surface area contributed by atoms with Gasteiger partial charge in [0.1, 0.15) is 0 Å². The molecular formula is C14H22ClN3. The highest BCUT2D eigenvalue weighted by Crippen LogP contribution is 2.28. The van der Waals surface area contributed by atoms with E-state index in [1.807, 2.05) is 12.1 Å². The smallest absolute Gasteiger partial charge is 0.0558 e. The fourth-order valence-electron chi connectivity index (χ4n) is 2.95. The summed E-state index contributed by atoms with van der Waals surface area (Å²) in [5.41, 5.74) is 6.92. The zero-order valence-electron chi connectivity index (χ0n) is 11.0. The first-order valence-electron chi connectivity index (χ1n) is 6.71. The van der Waals surface area contributed by atoms with Crippen LogP contribution >= 0.6 is 11.6 Å². The molecule has 2 unspecified atom stereocenters. The molecule has 0 amide bonds. The van der Waals surface area contributed by atoms with Gasteiger partial charge in [-0.05, 0) is 44.5 Å². The van der Waals surface area contributed by atoms with Crippen LogP contribution in [0.4, 0.5) is 0 Å². The highest BCUT2D eigenvalue weighted by atomic mass is 35.5. The summed E-state index contributed by atoms with van der Waals surface area (Å²) in [6.07, 6.45) is 6.91. The van der Waals surface area contributed by atoms with Gasteiger partial charge in [-0.1, -0.05) is 24.4 Å². The SMILES string of the molecule is CN(Cc1cc(Cl)ccn1)C1CCCCC1CN. The second-order valence-electron chi connectivity index (χ2n) is 5.23. The van der Waals surface area contributed by atoms with Gasteiger partial charge in [-0.2, -0.15) is 0 Å². The highest BCUT2D eigenvalue weighted by Gasteiger charge is 2.27. The summed E-state index contributed by atoms with van der Waals surface area (Å²) in [5, 5.41) is 0.757. The molecular weight excluding hydrogens is 246 g/mol. The van der Waals surface area contributed by atoms with E-state index in [2.05, 4.69) is 16.9 Å². The van der Waals surface area contributed by atoms with Crippen molar-refractivity contribution in [1.82, 2.24) is 9.88 Å². The van der Waals surface area contributed by atoms with Gasteiger partial charge in [0, 0.05) is 23.8 Å². The molecule has 3 nitrogen and oxygen atoms in total. The van der Waals surface area contributed by atoms with E-state index in [9.17, 15) is 0 Å². The number of hydrogen-bond acceptors (Lipinski definition) is 3. The van der Waals surface area contributed by atoms with Gasteiger partial charge in [0.05, 0.1) is 5.69 Å². The molecule has 2 N–H and O–H groups in total. The number of pyridine rings is 1. The van der Waals surface area contributed by atoms with E-state index in [1.165, 1.54) is 25.7 Å².